The highest BCUT2D eigenvalue weighted by atomic mass is 19.1. The summed E-state index contributed by atoms with van der Waals surface area (Å²) in [7, 11) is 1.83. The first-order valence-corrected chi connectivity index (χ1v) is 11.7. The number of carbonyl (C=O) groups excluding carboxylic acids is 1. The number of aryl methyl sites for hydroxylation is 1. The number of aromatic amines is 1. The molecular weight excluding hydrogens is 431 g/mol. The van der Waals surface area contributed by atoms with Gasteiger partial charge in [0.1, 0.15) is 5.82 Å². The lowest BCUT2D eigenvalue weighted by Gasteiger charge is -2.19. The zero-order valence-electron chi connectivity index (χ0n) is 20.3. The fourth-order valence-electron chi connectivity index (χ4n) is 3.96. The van der Waals surface area contributed by atoms with Crippen molar-refractivity contribution in [1.29, 1.82) is 0 Å². The molecule has 3 heterocycles. The quantitative estimate of drug-likeness (QED) is 0.382. The molecule has 0 unspecified atom stereocenters. The maximum atomic E-state index is 13.4. The predicted molar refractivity (Wildman–Crippen MR) is 131 cm³/mol. The van der Waals surface area contributed by atoms with Gasteiger partial charge in [0.15, 0.2) is 5.65 Å². The first kappa shape index (κ1) is 23.6. The van der Waals surface area contributed by atoms with Gasteiger partial charge in [-0.1, -0.05) is 13.8 Å². The zero-order chi connectivity index (χ0) is 24.4. The Kier molecular flexibility index (Phi) is 6.77. The Morgan fingerprint density at radius 2 is 1.88 bits per heavy atom. The minimum absolute atomic E-state index is 0.0331. The Morgan fingerprint density at radius 3 is 2.56 bits per heavy atom. The molecular formula is C26H31FN6O. The minimum atomic E-state index is -0.268. The van der Waals surface area contributed by atoms with Gasteiger partial charge in [-0.3, -0.25) is 9.89 Å². The second-order valence-electron chi connectivity index (χ2n) is 9.29. The van der Waals surface area contributed by atoms with E-state index >= 15 is 0 Å². The SMILES string of the molecule is CC(C)c1cc(C(=O)N(C)CCCc2cc(-c3ccc(F)cc3)n[nH]2)c2cnn(C(C)C)c2n1. The van der Waals surface area contributed by atoms with E-state index in [0.717, 1.165) is 46.5 Å². The van der Waals surface area contributed by atoms with Crippen molar-refractivity contribution < 1.29 is 9.18 Å². The normalized spacial score (nSPS) is 11.6. The standard InChI is InChI=1S/C26H31FN6O/c1-16(2)23-14-21(22-15-28-33(17(3)4)25(22)29-23)26(34)32(5)12-6-7-20-13-24(31-30-20)18-8-10-19(27)11-9-18/h8-11,13-17H,6-7,12H2,1-5H3,(H,30,31). The average molecular weight is 463 g/mol. The maximum Gasteiger partial charge on any atom is 0.254 e. The van der Waals surface area contributed by atoms with E-state index in [0.29, 0.717) is 12.1 Å². The van der Waals surface area contributed by atoms with Gasteiger partial charge in [-0.2, -0.15) is 10.2 Å². The molecule has 0 fully saturated rings. The topological polar surface area (TPSA) is 79.7 Å². The zero-order valence-corrected chi connectivity index (χ0v) is 20.3. The summed E-state index contributed by atoms with van der Waals surface area (Å²) in [4.78, 5) is 19.9. The second kappa shape index (κ2) is 9.75. The van der Waals surface area contributed by atoms with Crippen LogP contribution in [-0.4, -0.2) is 49.4 Å². The Hall–Kier alpha value is -3.55. The molecule has 1 amide bonds. The van der Waals surface area contributed by atoms with Gasteiger partial charge in [-0.25, -0.2) is 14.1 Å². The van der Waals surface area contributed by atoms with Crippen LogP contribution in [0.3, 0.4) is 0 Å². The van der Waals surface area contributed by atoms with Crippen molar-refractivity contribution in [2.24, 2.45) is 0 Å². The number of hydrogen-bond donors (Lipinski definition) is 1. The summed E-state index contributed by atoms with van der Waals surface area (Å²) in [6.45, 7) is 8.87. The number of carbonyl (C=O) groups is 1. The number of nitrogens with zero attached hydrogens (tertiary/aromatic N) is 5. The van der Waals surface area contributed by atoms with Crippen LogP contribution in [0.4, 0.5) is 4.39 Å². The Labute approximate surface area is 199 Å². The van der Waals surface area contributed by atoms with Crippen molar-refractivity contribution in [1.82, 2.24) is 29.9 Å². The van der Waals surface area contributed by atoms with Crippen LogP contribution < -0.4 is 0 Å². The van der Waals surface area contributed by atoms with Crippen molar-refractivity contribution in [3.8, 4) is 11.3 Å². The van der Waals surface area contributed by atoms with Crippen LogP contribution in [0.5, 0.6) is 0 Å². The second-order valence-corrected chi connectivity index (χ2v) is 9.29. The lowest BCUT2D eigenvalue weighted by atomic mass is 10.0. The molecule has 0 saturated carbocycles. The molecule has 0 bridgehead atoms. The molecule has 0 saturated heterocycles. The fraction of sp³-hybridized carbons (Fsp3) is 0.385. The van der Waals surface area contributed by atoms with Gasteiger partial charge in [-0.15, -0.1) is 0 Å². The predicted octanol–water partition coefficient (Wildman–Crippen LogP) is 5.37. The number of rotatable bonds is 8. The Balaban J connectivity index is 1.45. The van der Waals surface area contributed by atoms with E-state index in [1.165, 1.54) is 12.1 Å². The molecule has 1 aromatic carbocycles. The van der Waals surface area contributed by atoms with Crippen LogP contribution in [0.25, 0.3) is 22.3 Å². The van der Waals surface area contributed by atoms with E-state index in [4.69, 9.17) is 4.98 Å². The average Bonchev–Trinajstić information content (AvgIpc) is 3.45. The number of pyridine rings is 1. The van der Waals surface area contributed by atoms with Crippen molar-refractivity contribution in [3.05, 3.63) is 65.4 Å². The summed E-state index contributed by atoms with van der Waals surface area (Å²) in [6, 6.07) is 10.3. The highest BCUT2D eigenvalue weighted by Crippen LogP contribution is 2.25. The highest BCUT2D eigenvalue weighted by molar-refractivity contribution is 6.05. The van der Waals surface area contributed by atoms with Crippen molar-refractivity contribution in [2.45, 2.75) is 52.5 Å². The molecule has 0 radical (unpaired) electrons. The summed E-state index contributed by atoms with van der Waals surface area (Å²) in [5, 5.41) is 12.6. The lowest BCUT2D eigenvalue weighted by molar-refractivity contribution is 0.0795. The van der Waals surface area contributed by atoms with Crippen LogP contribution >= 0.6 is 0 Å². The molecule has 4 rings (SSSR count). The van der Waals surface area contributed by atoms with E-state index in [9.17, 15) is 9.18 Å². The van der Waals surface area contributed by atoms with E-state index in [1.54, 1.807) is 23.2 Å². The van der Waals surface area contributed by atoms with Crippen LogP contribution in [0.1, 0.15) is 67.8 Å². The number of fused-ring (bicyclic) bond motifs is 1. The van der Waals surface area contributed by atoms with Crippen molar-refractivity contribution in [2.75, 3.05) is 13.6 Å². The molecule has 8 heteroatoms. The first-order chi connectivity index (χ1) is 16.2. The number of aromatic nitrogens is 5. The van der Waals surface area contributed by atoms with E-state index in [1.807, 2.05) is 23.9 Å². The molecule has 0 aliphatic heterocycles. The molecule has 7 nitrogen and oxygen atoms in total. The van der Waals surface area contributed by atoms with Crippen LogP contribution in [0, 0.1) is 5.82 Å². The van der Waals surface area contributed by atoms with Gasteiger partial charge in [0.2, 0.25) is 0 Å². The lowest BCUT2D eigenvalue weighted by Crippen LogP contribution is -2.28. The van der Waals surface area contributed by atoms with E-state index in [-0.39, 0.29) is 23.7 Å². The molecule has 0 aliphatic carbocycles. The summed E-state index contributed by atoms with van der Waals surface area (Å²) in [6.07, 6.45) is 3.28. The summed E-state index contributed by atoms with van der Waals surface area (Å²) in [5.74, 6) is -0.0996. The molecule has 178 valence electrons. The summed E-state index contributed by atoms with van der Waals surface area (Å²) >= 11 is 0. The van der Waals surface area contributed by atoms with E-state index < -0.39 is 0 Å². The third-order valence-electron chi connectivity index (χ3n) is 5.95. The van der Waals surface area contributed by atoms with Gasteiger partial charge >= 0.3 is 0 Å². The number of hydrogen-bond acceptors (Lipinski definition) is 4. The smallest absolute Gasteiger partial charge is 0.254 e. The molecule has 0 spiro atoms. The third kappa shape index (κ3) is 4.85. The number of halogens is 1. The van der Waals surface area contributed by atoms with Gasteiger partial charge in [-0.05, 0) is 69.0 Å². The summed E-state index contributed by atoms with van der Waals surface area (Å²) < 4.78 is 15.0. The van der Waals surface area contributed by atoms with Crippen LogP contribution in [0.15, 0.2) is 42.6 Å². The largest absolute Gasteiger partial charge is 0.342 e. The molecule has 34 heavy (non-hydrogen) atoms. The fourth-order valence-corrected chi connectivity index (χ4v) is 3.96. The summed E-state index contributed by atoms with van der Waals surface area (Å²) in [5.41, 5.74) is 4.90. The van der Waals surface area contributed by atoms with E-state index in [2.05, 4.69) is 43.0 Å². The van der Waals surface area contributed by atoms with Gasteiger partial charge < -0.3 is 4.90 Å². The number of amides is 1. The maximum absolute atomic E-state index is 13.4. The first-order valence-electron chi connectivity index (χ1n) is 11.7. The minimum Gasteiger partial charge on any atom is -0.342 e. The highest BCUT2D eigenvalue weighted by Gasteiger charge is 2.21. The van der Waals surface area contributed by atoms with Crippen molar-refractivity contribution in [3.63, 3.8) is 0 Å². The Bertz CT molecular complexity index is 1290. The molecule has 3 aromatic heterocycles. The monoisotopic (exact) mass is 462 g/mol. The van der Waals surface area contributed by atoms with Gasteiger partial charge in [0, 0.05) is 36.6 Å². The molecule has 0 atom stereocenters. The molecule has 1 N–H and O–H groups in total. The van der Waals surface area contributed by atoms with Crippen LogP contribution in [-0.2, 0) is 6.42 Å². The Morgan fingerprint density at radius 1 is 1.15 bits per heavy atom. The number of benzene rings is 1. The molecule has 4 aromatic rings. The van der Waals surface area contributed by atoms with Crippen LogP contribution in [0.2, 0.25) is 0 Å². The third-order valence-corrected chi connectivity index (χ3v) is 5.95. The van der Waals surface area contributed by atoms with Crippen molar-refractivity contribution >= 4 is 16.9 Å². The van der Waals surface area contributed by atoms with Gasteiger partial charge in [0.05, 0.1) is 22.8 Å². The number of nitrogens with one attached hydrogen (secondary N) is 1. The molecule has 0 aliphatic rings. The number of H-pyrrole nitrogens is 1. The van der Waals surface area contributed by atoms with Gasteiger partial charge in [0.25, 0.3) is 5.91 Å².